The van der Waals surface area contributed by atoms with Crippen LogP contribution >= 0.6 is 0 Å². The Morgan fingerprint density at radius 2 is 2.04 bits per heavy atom. The number of rotatable bonds is 4. The van der Waals surface area contributed by atoms with Crippen LogP contribution in [-0.2, 0) is 16.1 Å². The Labute approximate surface area is 142 Å². The van der Waals surface area contributed by atoms with Gasteiger partial charge in [-0.1, -0.05) is 12.1 Å². The molecule has 0 saturated carbocycles. The first-order valence-corrected chi connectivity index (χ1v) is 8.52. The van der Waals surface area contributed by atoms with E-state index < -0.39 is 0 Å². The van der Waals surface area contributed by atoms with Crippen LogP contribution < -0.4 is 10.5 Å². The Hall–Kier alpha value is -2.08. The number of carbonyl (C=O) groups is 2. The second-order valence-corrected chi connectivity index (χ2v) is 6.71. The van der Waals surface area contributed by atoms with Gasteiger partial charge in [-0.25, -0.2) is 0 Å². The van der Waals surface area contributed by atoms with Crippen molar-refractivity contribution in [3.05, 3.63) is 29.8 Å². The van der Waals surface area contributed by atoms with Gasteiger partial charge in [0.05, 0.1) is 13.0 Å². The van der Waals surface area contributed by atoms with E-state index in [-0.39, 0.29) is 23.8 Å². The largest absolute Gasteiger partial charge is 0.497 e. The lowest BCUT2D eigenvalue weighted by Gasteiger charge is -2.32. The first-order valence-electron chi connectivity index (χ1n) is 8.52. The van der Waals surface area contributed by atoms with Crippen molar-refractivity contribution in [1.82, 2.24) is 9.80 Å². The number of hydrogen-bond acceptors (Lipinski definition) is 4. The van der Waals surface area contributed by atoms with Crippen LogP contribution in [0.1, 0.15) is 24.8 Å². The van der Waals surface area contributed by atoms with Gasteiger partial charge in [0, 0.05) is 38.6 Å². The molecule has 0 spiro atoms. The Morgan fingerprint density at radius 1 is 1.29 bits per heavy atom. The molecular formula is C18H25N3O3. The fourth-order valence-electron chi connectivity index (χ4n) is 3.51. The van der Waals surface area contributed by atoms with E-state index in [1.54, 1.807) is 12.0 Å². The van der Waals surface area contributed by atoms with Crippen molar-refractivity contribution >= 4 is 11.8 Å². The number of nitrogens with zero attached hydrogens (tertiary/aromatic N) is 2. The van der Waals surface area contributed by atoms with Crippen molar-refractivity contribution in [2.75, 3.05) is 26.7 Å². The normalized spacial score (nSPS) is 24.3. The molecule has 3 rings (SSSR count). The van der Waals surface area contributed by atoms with E-state index in [4.69, 9.17) is 10.5 Å². The summed E-state index contributed by atoms with van der Waals surface area (Å²) in [6, 6.07) is 7.73. The predicted molar refractivity (Wildman–Crippen MR) is 90.3 cm³/mol. The summed E-state index contributed by atoms with van der Waals surface area (Å²) in [5.41, 5.74) is 7.00. The molecule has 2 fully saturated rings. The SMILES string of the molecule is COc1ccc(CN2CC(C(=O)N3CCCC(N)C3)CC2=O)cc1. The number of amides is 2. The molecule has 6 nitrogen and oxygen atoms in total. The standard InChI is InChI=1S/C18H25N3O3/c1-24-16-6-4-13(5-7-16)10-21-11-14(9-17(21)22)18(23)20-8-2-3-15(19)12-20/h4-7,14-15H,2-3,8-12,19H2,1H3. The Morgan fingerprint density at radius 3 is 2.71 bits per heavy atom. The molecule has 2 aliphatic rings. The fraction of sp³-hybridized carbons (Fsp3) is 0.556. The molecule has 2 saturated heterocycles. The molecule has 1 aromatic carbocycles. The highest BCUT2D eigenvalue weighted by atomic mass is 16.5. The van der Waals surface area contributed by atoms with Crippen LogP contribution in [0.3, 0.4) is 0 Å². The Bertz CT molecular complexity index is 602. The number of likely N-dealkylation sites (tertiary alicyclic amines) is 2. The van der Waals surface area contributed by atoms with Crippen LogP contribution in [-0.4, -0.2) is 54.4 Å². The topological polar surface area (TPSA) is 75.9 Å². The summed E-state index contributed by atoms with van der Waals surface area (Å²) in [5.74, 6) is 0.684. The number of hydrogen-bond donors (Lipinski definition) is 1. The summed E-state index contributed by atoms with van der Waals surface area (Å²) in [6.45, 7) is 2.40. The molecular weight excluding hydrogens is 306 g/mol. The molecule has 1 aromatic rings. The Balaban J connectivity index is 1.59. The number of piperidine rings is 1. The average molecular weight is 331 g/mol. The van der Waals surface area contributed by atoms with Crippen LogP contribution in [0.4, 0.5) is 0 Å². The summed E-state index contributed by atoms with van der Waals surface area (Å²) >= 11 is 0. The third-order valence-electron chi connectivity index (χ3n) is 4.87. The number of carbonyl (C=O) groups excluding carboxylic acids is 2. The number of nitrogens with two attached hydrogens (primary N) is 1. The van der Waals surface area contributed by atoms with Gasteiger partial charge in [0.2, 0.25) is 11.8 Å². The van der Waals surface area contributed by atoms with Crippen molar-refractivity contribution in [2.45, 2.75) is 31.8 Å². The molecule has 2 heterocycles. The number of methoxy groups -OCH3 is 1. The minimum absolute atomic E-state index is 0.0467. The van der Waals surface area contributed by atoms with E-state index in [0.717, 1.165) is 30.7 Å². The second kappa shape index (κ2) is 7.21. The molecule has 0 aromatic heterocycles. The second-order valence-electron chi connectivity index (χ2n) is 6.71. The summed E-state index contributed by atoms with van der Waals surface area (Å²) in [6.07, 6.45) is 2.22. The van der Waals surface area contributed by atoms with Gasteiger partial charge >= 0.3 is 0 Å². The van der Waals surface area contributed by atoms with Gasteiger partial charge < -0.3 is 20.3 Å². The summed E-state index contributed by atoms with van der Waals surface area (Å²) in [4.78, 5) is 28.5. The smallest absolute Gasteiger partial charge is 0.228 e. The molecule has 6 heteroatoms. The van der Waals surface area contributed by atoms with Crippen LogP contribution in [0.15, 0.2) is 24.3 Å². The zero-order chi connectivity index (χ0) is 17.1. The number of ether oxygens (including phenoxy) is 1. The third-order valence-corrected chi connectivity index (χ3v) is 4.87. The fourth-order valence-corrected chi connectivity index (χ4v) is 3.51. The maximum absolute atomic E-state index is 12.6. The van der Waals surface area contributed by atoms with Crippen LogP contribution in [0, 0.1) is 5.92 Å². The monoisotopic (exact) mass is 331 g/mol. The third kappa shape index (κ3) is 3.70. The maximum Gasteiger partial charge on any atom is 0.228 e. The highest BCUT2D eigenvalue weighted by Gasteiger charge is 2.37. The molecule has 0 aliphatic carbocycles. The highest BCUT2D eigenvalue weighted by Crippen LogP contribution is 2.24. The average Bonchev–Trinajstić information content (AvgIpc) is 2.95. The van der Waals surface area contributed by atoms with E-state index in [1.165, 1.54) is 0 Å². The quantitative estimate of drug-likeness (QED) is 0.893. The van der Waals surface area contributed by atoms with Gasteiger partial charge in [-0.05, 0) is 30.5 Å². The lowest BCUT2D eigenvalue weighted by Crippen LogP contribution is -2.48. The molecule has 2 N–H and O–H groups in total. The van der Waals surface area contributed by atoms with Crippen molar-refractivity contribution in [3.8, 4) is 5.75 Å². The predicted octanol–water partition coefficient (Wildman–Crippen LogP) is 0.993. The lowest BCUT2D eigenvalue weighted by molar-refractivity contribution is -0.137. The molecule has 130 valence electrons. The molecule has 0 bridgehead atoms. The molecule has 2 unspecified atom stereocenters. The highest BCUT2D eigenvalue weighted by molar-refractivity contribution is 5.89. The van der Waals surface area contributed by atoms with Gasteiger partial charge in [0.1, 0.15) is 5.75 Å². The zero-order valence-corrected chi connectivity index (χ0v) is 14.1. The van der Waals surface area contributed by atoms with Gasteiger partial charge in [-0.2, -0.15) is 0 Å². The van der Waals surface area contributed by atoms with E-state index in [0.29, 0.717) is 26.1 Å². The molecule has 2 amide bonds. The summed E-state index contributed by atoms with van der Waals surface area (Å²) < 4.78 is 5.14. The van der Waals surface area contributed by atoms with Gasteiger partial charge in [0.15, 0.2) is 0 Å². The van der Waals surface area contributed by atoms with Crippen LogP contribution in [0.2, 0.25) is 0 Å². The summed E-state index contributed by atoms with van der Waals surface area (Å²) in [7, 11) is 1.63. The van der Waals surface area contributed by atoms with Gasteiger partial charge in [-0.3, -0.25) is 9.59 Å². The first kappa shape index (κ1) is 16.8. The van der Waals surface area contributed by atoms with E-state index >= 15 is 0 Å². The van der Waals surface area contributed by atoms with Gasteiger partial charge in [0.25, 0.3) is 0 Å². The van der Waals surface area contributed by atoms with Crippen molar-refractivity contribution in [1.29, 1.82) is 0 Å². The number of benzene rings is 1. The Kier molecular flexibility index (Phi) is 5.04. The minimum Gasteiger partial charge on any atom is -0.497 e. The molecule has 2 atom stereocenters. The molecule has 2 aliphatic heterocycles. The molecule has 24 heavy (non-hydrogen) atoms. The van der Waals surface area contributed by atoms with Crippen molar-refractivity contribution in [2.24, 2.45) is 11.7 Å². The summed E-state index contributed by atoms with van der Waals surface area (Å²) in [5, 5.41) is 0. The van der Waals surface area contributed by atoms with E-state index in [9.17, 15) is 9.59 Å². The van der Waals surface area contributed by atoms with Gasteiger partial charge in [-0.15, -0.1) is 0 Å². The van der Waals surface area contributed by atoms with E-state index in [1.807, 2.05) is 29.2 Å². The van der Waals surface area contributed by atoms with Crippen molar-refractivity contribution < 1.29 is 14.3 Å². The zero-order valence-electron chi connectivity index (χ0n) is 14.1. The van der Waals surface area contributed by atoms with Crippen LogP contribution in [0.5, 0.6) is 5.75 Å². The minimum atomic E-state index is -0.235. The van der Waals surface area contributed by atoms with E-state index in [2.05, 4.69) is 0 Å². The van der Waals surface area contributed by atoms with Crippen LogP contribution in [0.25, 0.3) is 0 Å². The van der Waals surface area contributed by atoms with Crippen molar-refractivity contribution in [3.63, 3.8) is 0 Å². The molecule has 0 radical (unpaired) electrons. The lowest BCUT2D eigenvalue weighted by atomic mass is 10.0. The first-order chi connectivity index (χ1) is 11.6. The maximum atomic E-state index is 12.6.